The summed E-state index contributed by atoms with van der Waals surface area (Å²) < 4.78 is 0. The van der Waals surface area contributed by atoms with Crippen LogP contribution in [0.3, 0.4) is 0 Å². The summed E-state index contributed by atoms with van der Waals surface area (Å²) in [7, 11) is 0. The maximum absolute atomic E-state index is 9.00. The Hall–Kier alpha value is 0.436. The van der Waals surface area contributed by atoms with Gasteiger partial charge in [0.2, 0.25) is 0 Å². The van der Waals surface area contributed by atoms with Crippen molar-refractivity contribution in [1.29, 1.82) is 0 Å². The Bertz CT molecular complexity index is 131. The largest absolute Gasteiger partial charge is 1.00 e. The first-order valence-corrected chi connectivity index (χ1v) is 2.78. The Morgan fingerprint density at radius 2 is 0.800 bits per heavy atom. The summed E-state index contributed by atoms with van der Waals surface area (Å²) in [6.07, 6.45) is 0. The van der Waals surface area contributed by atoms with Crippen molar-refractivity contribution < 1.29 is 94.5 Å². The minimum absolute atomic E-state index is 0. The first-order valence-electron chi connectivity index (χ1n) is 2.78. The molecular formula is C6H13CoMnNaO6. The predicted octanol–water partition coefficient (Wildman–Crippen LogP) is -2.62. The molecule has 0 saturated carbocycles. The summed E-state index contributed by atoms with van der Waals surface area (Å²) >= 11 is 0. The van der Waals surface area contributed by atoms with E-state index in [1.165, 1.54) is 0 Å². The van der Waals surface area contributed by atoms with Crippen molar-refractivity contribution in [3.05, 3.63) is 0 Å². The van der Waals surface area contributed by atoms with E-state index in [-0.39, 0.29) is 64.8 Å². The van der Waals surface area contributed by atoms with Crippen LogP contribution in [0.4, 0.5) is 0 Å². The minimum atomic E-state index is -0.833. The monoisotopic (exact) mass is 318 g/mol. The molecule has 3 N–H and O–H groups in total. The second-order valence-electron chi connectivity index (χ2n) is 1.56. The summed E-state index contributed by atoms with van der Waals surface area (Å²) in [5.74, 6) is -2.50. The first-order chi connectivity index (χ1) is 5.20. The van der Waals surface area contributed by atoms with E-state index in [1.807, 2.05) is 0 Å². The van der Waals surface area contributed by atoms with Gasteiger partial charge in [-0.15, -0.1) is 0 Å². The van der Waals surface area contributed by atoms with Crippen molar-refractivity contribution in [3.8, 4) is 0 Å². The molecule has 0 aliphatic carbocycles. The number of aliphatic carboxylic acids is 3. The van der Waals surface area contributed by atoms with E-state index in [0.717, 1.165) is 20.8 Å². The molecule has 0 saturated heterocycles. The van der Waals surface area contributed by atoms with Gasteiger partial charge in [-0.25, -0.2) is 0 Å². The third-order valence-electron chi connectivity index (χ3n) is 0. The molecule has 0 aromatic heterocycles. The average Bonchev–Trinajstić information content (AvgIpc) is 1.54. The fourth-order valence-corrected chi connectivity index (χ4v) is 0. The molecule has 6 nitrogen and oxygen atoms in total. The molecule has 0 unspecified atom stereocenters. The van der Waals surface area contributed by atoms with Crippen LogP contribution in [-0.4, -0.2) is 33.2 Å². The number of rotatable bonds is 0. The smallest absolute Gasteiger partial charge is 1.00 e. The molecule has 2 radical (unpaired) electrons. The molecule has 0 atom stereocenters. The molecule has 0 fully saturated rings. The zero-order valence-electron chi connectivity index (χ0n) is 9.78. The van der Waals surface area contributed by atoms with Gasteiger partial charge in [0.25, 0.3) is 17.9 Å². The van der Waals surface area contributed by atoms with Gasteiger partial charge in [0.1, 0.15) is 0 Å². The summed E-state index contributed by atoms with van der Waals surface area (Å²) in [5.41, 5.74) is 0. The van der Waals surface area contributed by atoms with Crippen molar-refractivity contribution in [1.82, 2.24) is 0 Å². The SMILES string of the molecule is CC(=O)O.CC(=O)O.CC(=O)O.[Co].[H-].[Mn].[Na+]. The zero-order chi connectivity index (χ0) is 10.7. The molecule has 0 heterocycles. The van der Waals surface area contributed by atoms with E-state index < -0.39 is 17.9 Å². The van der Waals surface area contributed by atoms with Gasteiger partial charge in [-0.1, -0.05) is 0 Å². The van der Waals surface area contributed by atoms with E-state index >= 15 is 0 Å². The fraction of sp³-hybridized carbons (Fsp3) is 0.500. The van der Waals surface area contributed by atoms with Gasteiger partial charge in [-0.05, 0) is 0 Å². The van der Waals surface area contributed by atoms with E-state index in [4.69, 9.17) is 29.7 Å². The molecule has 0 bridgehead atoms. The molecule has 0 aliphatic rings. The summed E-state index contributed by atoms with van der Waals surface area (Å²) in [6.45, 7) is 3.25. The van der Waals surface area contributed by atoms with Gasteiger partial charge >= 0.3 is 29.6 Å². The molecule has 0 amide bonds. The molecule has 0 aromatic rings. The van der Waals surface area contributed by atoms with Crippen molar-refractivity contribution in [3.63, 3.8) is 0 Å². The van der Waals surface area contributed by atoms with Gasteiger partial charge in [-0.2, -0.15) is 0 Å². The van der Waals surface area contributed by atoms with Gasteiger partial charge < -0.3 is 16.7 Å². The zero-order valence-corrected chi connectivity index (χ0v) is 13.0. The maximum atomic E-state index is 9.00. The first kappa shape index (κ1) is 36.1. The van der Waals surface area contributed by atoms with E-state index in [0.29, 0.717) is 0 Å². The van der Waals surface area contributed by atoms with Crippen LogP contribution in [0.1, 0.15) is 22.2 Å². The topological polar surface area (TPSA) is 112 Å². The van der Waals surface area contributed by atoms with Crippen molar-refractivity contribution in [2.75, 3.05) is 0 Å². The molecule has 90 valence electrons. The van der Waals surface area contributed by atoms with Crippen molar-refractivity contribution in [2.45, 2.75) is 20.8 Å². The standard InChI is InChI=1S/3C2H4O2.Co.Mn.Na.H/c3*1-2(3)4;;;;/h3*1H3,(H,3,4);;;;/q;;;;;+1;-1. The van der Waals surface area contributed by atoms with Crippen LogP contribution in [0, 0.1) is 0 Å². The number of hydrogen-bond acceptors (Lipinski definition) is 3. The minimum Gasteiger partial charge on any atom is -1.00 e. The van der Waals surface area contributed by atoms with Crippen LogP contribution in [0.25, 0.3) is 0 Å². The third-order valence-corrected chi connectivity index (χ3v) is 0. The molecule has 0 spiro atoms. The van der Waals surface area contributed by atoms with Crippen LogP contribution >= 0.6 is 0 Å². The Morgan fingerprint density at radius 3 is 0.800 bits per heavy atom. The normalized spacial score (nSPS) is 5.00. The summed E-state index contributed by atoms with van der Waals surface area (Å²) in [6, 6.07) is 0. The van der Waals surface area contributed by atoms with Crippen molar-refractivity contribution in [2.24, 2.45) is 0 Å². The van der Waals surface area contributed by atoms with E-state index in [1.54, 1.807) is 0 Å². The van der Waals surface area contributed by atoms with Crippen LogP contribution in [0.15, 0.2) is 0 Å². The predicted molar refractivity (Wildman–Crippen MR) is 41.0 cm³/mol. The number of carbonyl (C=O) groups is 3. The van der Waals surface area contributed by atoms with Gasteiger partial charge in [0.05, 0.1) is 0 Å². The number of carboxylic acid groups (broad SMARTS) is 3. The third kappa shape index (κ3) is 11700. The fourth-order valence-electron chi connectivity index (χ4n) is 0. The van der Waals surface area contributed by atoms with Gasteiger partial charge in [-0.3, -0.25) is 14.4 Å². The van der Waals surface area contributed by atoms with Gasteiger partial charge in [0.15, 0.2) is 0 Å². The van der Waals surface area contributed by atoms with E-state index in [9.17, 15) is 0 Å². The van der Waals surface area contributed by atoms with Gasteiger partial charge in [0, 0.05) is 54.6 Å². The Kier molecular flexibility index (Phi) is 70.5. The van der Waals surface area contributed by atoms with Crippen LogP contribution in [0.2, 0.25) is 0 Å². The maximum Gasteiger partial charge on any atom is 1.00 e. The number of hydrogen-bond donors (Lipinski definition) is 3. The Labute approximate surface area is 132 Å². The number of carboxylic acids is 3. The summed E-state index contributed by atoms with van der Waals surface area (Å²) in [5, 5.41) is 22.2. The van der Waals surface area contributed by atoms with Crippen LogP contribution in [-0.2, 0) is 48.2 Å². The molecule has 0 aliphatic heterocycles. The van der Waals surface area contributed by atoms with Crippen molar-refractivity contribution >= 4 is 17.9 Å². The quantitative estimate of drug-likeness (QED) is 0.422. The molecular weight excluding hydrogens is 305 g/mol. The van der Waals surface area contributed by atoms with Crippen LogP contribution < -0.4 is 29.6 Å². The molecule has 0 aromatic carbocycles. The summed E-state index contributed by atoms with van der Waals surface area (Å²) in [4.78, 5) is 27.0. The average molecular weight is 318 g/mol. The molecule has 15 heavy (non-hydrogen) atoms. The Morgan fingerprint density at radius 1 is 0.800 bits per heavy atom. The molecule has 9 heteroatoms. The second kappa shape index (κ2) is 29.3. The van der Waals surface area contributed by atoms with E-state index in [2.05, 4.69) is 0 Å². The van der Waals surface area contributed by atoms with Crippen LogP contribution in [0.5, 0.6) is 0 Å². The molecule has 0 rings (SSSR count). The Balaban J connectivity index is -0.0000000135. The second-order valence-corrected chi connectivity index (χ2v) is 1.56.